The van der Waals surface area contributed by atoms with Gasteiger partial charge in [0.1, 0.15) is 5.82 Å². The summed E-state index contributed by atoms with van der Waals surface area (Å²) in [6.45, 7) is 4.42. The van der Waals surface area contributed by atoms with E-state index in [2.05, 4.69) is 5.10 Å². The van der Waals surface area contributed by atoms with Crippen molar-refractivity contribution in [3.63, 3.8) is 0 Å². The van der Waals surface area contributed by atoms with Crippen molar-refractivity contribution in [2.24, 2.45) is 0 Å². The van der Waals surface area contributed by atoms with Gasteiger partial charge in [-0.15, -0.1) is 0 Å². The number of hydrogen-bond acceptors (Lipinski definition) is 2. The van der Waals surface area contributed by atoms with Crippen LogP contribution in [-0.2, 0) is 6.54 Å². The molecule has 0 aliphatic carbocycles. The summed E-state index contributed by atoms with van der Waals surface area (Å²) in [6, 6.07) is 9.43. The lowest BCUT2D eigenvalue weighted by atomic mass is 10.3. The molecule has 78 valence electrons. The van der Waals surface area contributed by atoms with Crippen molar-refractivity contribution in [2.75, 3.05) is 0 Å². The highest BCUT2D eigenvalue weighted by atomic mass is 16.2. The van der Waals surface area contributed by atoms with Crippen LogP contribution in [0.25, 0.3) is 5.69 Å². The van der Waals surface area contributed by atoms with Gasteiger partial charge in [0.15, 0.2) is 0 Å². The monoisotopic (exact) mass is 203 g/mol. The van der Waals surface area contributed by atoms with E-state index in [0.717, 1.165) is 11.5 Å². The molecule has 4 nitrogen and oxygen atoms in total. The van der Waals surface area contributed by atoms with Crippen molar-refractivity contribution in [2.45, 2.75) is 20.4 Å². The van der Waals surface area contributed by atoms with Gasteiger partial charge in [0.25, 0.3) is 0 Å². The highest BCUT2D eigenvalue weighted by Gasteiger charge is 2.08. The van der Waals surface area contributed by atoms with Crippen LogP contribution in [0.1, 0.15) is 12.7 Å². The van der Waals surface area contributed by atoms with Gasteiger partial charge in [0, 0.05) is 6.54 Å². The van der Waals surface area contributed by atoms with Gasteiger partial charge in [-0.25, -0.2) is 4.79 Å². The molecule has 0 saturated carbocycles. The van der Waals surface area contributed by atoms with Gasteiger partial charge in [0.2, 0.25) is 0 Å². The Labute approximate surface area is 87.8 Å². The minimum atomic E-state index is -0.0822. The molecule has 0 aliphatic rings. The van der Waals surface area contributed by atoms with Crippen LogP contribution in [0.3, 0.4) is 0 Å². The third-order valence-corrected chi connectivity index (χ3v) is 2.36. The van der Waals surface area contributed by atoms with Gasteiger partial charge in [-0.05, 0) is 26.0 Å². The van der Waals surface area contributed by atoms with Crippen molar-refractivity contribution >= 4 is 0 Å². The standard InChI is InChI=1S/C11H13N3O/c1-3-13-9(2)12-14(11(13)15)10-7-5-4-6-8-10/h4-8H,3H2,1-2H3. The Morgan fingerprint density at radius 3 is 2.47 bits per heavy atom. The summed E-state index contributed by atoms with van der Waals surface area (Å²) < 4.78 is 3.08. The summed E-state index contributed by atoms with van der Waals surface area (Å²) in [5, 5.41) is 4.22. The molecule has 0 N–H and O–H groups in total. The van der Waals surface area contributed by atoms with Gasteiger partial charge in [-0.1, -0.05) is 18.2 Å². The first kappa shape index (κ1) is 9.71. The Balaban J connectivity index is 2.61. The highest BCUT2D eigenvalue weighted by molar-refractivity contribution is 5.29. The summed E-state index contributed by atoms with van der Waals surface area (Å²) in [5.74, 6) is 0.742. The number of aryl methyl sites for hydroxylation is 1. The predicted octanol–water partition coefficient (Wildman–Crippen LogP) is 1.36. The maximum atomic E-state index is 11.9. The SMILES string of the molecule is CCn1c(C)nn(-c2ccccc2)c1=O. The number of rotatable bonds is 2. The fourth-order valence-electron chi connectivity index (χ4n) is 1.60. The molecule has 1 aromatic heterocycles. The first-order valence-corrected chi connectivity index (χ1v) is 4.96. The van der Waals surface area contributed by atoms with Crippen LogP contribution in [0, 0.1) is 6.92 Å². The highest BCUT2D eigenvalue weighted by Crippen LogP contribution is 2.02. The van der Waals surface area contributed by atoms with Crippen molar-refractivity contribution < 1.29 is 0 Å². The molecule has 0 saturated heterocycles. The molecule has 15 heavy (non-hydrogen) atoms. The van der Waals surface area contributed by atoms with Crippen LogP contribution in [0.5, 0.6) is 0 Å². The summed E-state index contributed by atoms with van der Waals surface area (Å²) in [6.07, 6.45) is 0. The summed E-state index contributed by atoms with van der Waals surface area (Å²) >= 11 is 0. The number of hydrogen-bond donors (Lipinski definition) is 0. The maximum Gasteiger partial charge on any atom is 0.350 e. The Kier molecular flexibility index (Phi) is 2.41. The van der Waals surface area contributed by atoms with Crippen LogP contribution >= 0.6 is 0 Å². The molecule has 0 bridgehead atoms. The Morgan fingerprint density at radius 2 is 1.93 bits per heavy atom. The Morgan fingerprint density at radius 1 is 1.27 bits per heavy atom. The van der Waals surface area contributed by atoms with E-state index in [1.165, 1.54) is 4.68 Å². The molecular formula is C11H13N3O. The van der Waals surface area contributed by atoms with E-state index in [1.54, 1.807) is 4.57 Å². The average Bonchev–Trinajstić information content (AvgIpc) is 2.55. The predicted molar refractivity (Wildman–Crippen MR) is 58.2 cm³/mol. The van der Waals surface area contributed by atoms with E-state index in [9.17, 15) is 4.79 Å². The third kappa shape index (κ3) is 1.58. The lowest BCUT2D eigenvalue weighted by Crippen LogP contribution is -2.23. The minimum absolute atomic E-state index is 0.0822. The summed E-state index contributed by atoms with van der Waals surface area (Å²) in [7, 11) is 0. The van der Waals surface area contributed by atoms with Crippen LogP contribution in [-0.4, -0.2) is 14.3 Å². The van der Waals surface area contributed by atoms with Gasteiger partial charge in [-0.3, -0.25) is 4.57 Å². The van der Waals surface area contributed by atoms with E-state index >= 15 is 0 Å². The number of benzene rings is 1. The van der Waals surface area contributed by atoms with Crippen LogP contribution in [0.15, 0.2) is 35.1 Å². The minimum Gasteiger partial charge on any atom is -0.279 e. The Hall–Kier alpha value is -1.84. The zero-order valence-electron chi connectivity index (χ0n) is 8.84. The number of nitrogens with zero attached hydrogens (tertiary/aromatic N) is 3. The van der Waals surface area contributed by atoms with Crippen LogP contribution in [0.4, 0.5) is 0 Å². The lowest BCUT2D eigenvalue weighted by molar-refractivity contribution is 0.695. The smallest absolute Gasteiger partial charge is 0.279 e. The fourth-order valence-corrected chi connectivity index (χ4v) is 1.60. The largest absolute Gasteiger partial charge is 0.350 e. The quantitative estimate of drug-likeness (QED) is 0.739. The molecular weight excluding hydrogens is 190 g/mol. The maximum absolute atomic E-state index is 11.9. The first-order valence-electron chi connectivity index (χ1n) is 4.96. The second-order valence-corrected chi connectivity index (χ2v) is 3.32. The number of aromatic nitrogens is 3. The molecule has 0 aliphatic heterocycles. The van der Waals surface area contributed by atoms with Crippen molar-refractivity contribution in [3.05, 3.63) is 46.6 Å². The molecule has 4 heteroatoms. The van der Waals surface area contributed by atoms with E-state index in [1.807, 2.05) is 44.2 Å². The topological polar surface area (TPSA) is 39.8 Å². The molecule has 0 fully saturated rings. The lowest BCUT2D eigenvalue weighted by Gasteiger charge is -1.97. The van der Waals surface area contributed by atoms with Gasteiger partial charge < -0.3 is 0 Å². The molecule has 0 unspecified atom stereocenters. The van der Waals surface area contributed by atoms with Crippen molar-refractivity contribution in [3.8, 4) is 5.69 Å². The van der Waals surface area contributed by atoms with Crippen LogP contribution in [0.2, 0.25) is 0 Å². The van der Waals surface area contributed by atoms with E-state index in [4.69, 9.17) is 0 Å². The van der Waals surface area contributed by atoms with Crippen molar-refractivity contribution in [1.29, 1.82) is 0 Å². The molecule has 1 heterocycles. The normalized spacial score (nSPS) is 10.5. The van der Waals surface area contributed by atoms with Crippen molar-refractivity contribution in [1.82, 2.24) is 14.3 Å². The van der Waals surface area contributed by atoms with Gasteiger partial charge in [-0.2, -0.15) is 9.78 Å². The zero-order chi connectivity index (χ0) is 10.8. The average molecular weight is 203 g/mol. The Bertz CT molecular complexity index is 510. The molecule has 2 aromatic rings. The second kappa shape index (κ2) is 3.73. The van der Waals surface area contributed by atoms with Crippen LogP contribution < -0.4 is 5.69 Å². The van der Waals surface area contributed by atoms with E-state index < -0.39 is 0 Å². The van der Waals surface area contributed by atoms with E-state index in [0.29, 0.717) is 6.54 Å². The molecule has 1 aromatic carbocycles. The summed E-state index contributed by atoms with van der Waals surface area (Å²) in [4.78, 5) is 11.9. The molecule has 0 radical (unpaired) electrons. The molecule has 2 rings (SSSR count). The fraction of sp³-hybridized carbons (Fsp3) is 0.273. The molecule has 0 amide bonds. The second-order valence-electron chi connectivity index (χ2n) is 3.32. The zero-order valence-corrected chi connectivity index (χ0v) is 8.84. The van der Waals surface area contributed by atoms with Gasteiger partial charge >= 0.3 is 5.69 Å². The third-order valence-electron chi connectivity index (χ3n) is 2.36. The van der Waals surface area contributed by atoms with E-state index in [-0.39, 0.29) is 5.69 Å². The number of para-hydroxylation sites is 1. The first-order chi connectivity index (χ1) is 7.24. The van der Waals surface area contributed by atoms with Gasteiger partial charge in [0.05, 0.1) is 5.69 Å². The summed E-state index contributed by atoms with van der Waals surface area (Å²) in [5.41, 5.74) is 0.721. The molecule has 0 atom stereocenters. The molecule has 0 spiro atoms.